The molecule has 2 aromatic heterocycles. The lowest BCUT2D eigenvalue weighted by atomic mass is 10.1. The maximum Gasteiger partial charge on any atom is 0.317 e. The van der Waals surface area contributed by atoms with Crippen LogP contribution in [0.1, 0.15) is 27.4 Å². The second kappa shape index (κ2) is 8.84. The Morgan fingerprint density at radius 2 is 1.84 bits per heavy atom. The van der Waals surface area contributed by atoms with Crippen molar-refractivity contribution < 1.29 is 18.4 Å². The minimum atomic E-state index is -3.25. The lowest BCUT2D eigenvalue weighted by Crippen LogP contribution is -2.36. The van der Waals surface area contributed by atoms with E-state index in [-0.39, 0.29) is 24.9 Å². The summed E-state index contributed by atoms with van der Waals surface area (Å²) in [5.74, 6) is -0.571. The Kier molecular flexibility index (Phi) is 6.12. The van der Waals surface area contributed by atoms with Gasteiger partial charge in [0.15, 0.2) is 5.82 Å². The molecule has 0 N–H and O–H groups in total. The number of hydroxylamine groups is 1. The number of aromatic nitrogens is 5. The summed E-state index contributed by atoms with van der Waals surface area (Å²) >= 11 is 0. The number of hydrogen-bond donors (Lipinski definition) is 0. The van der Waals surface area contributed by atoms with Gasteiger partial charge in [0, 0.05) is 24.8 Å². The zero-order valence-electron chi connectivity index (χ0n) is 17.6. The van der Waals surface area contributed by atoms with Crippen molar-refractivity contribution in [2.24, 2.45) is 0 Å². The molecule has 1 unspecified atom stereocenters. The molecule has 0 bridgehead atoms. The zero-order chi connectivity index (χ0) is 22.9. The Morgan fingerprint density at radius 1 is 1.09 bits per heavy atom. The molecule has 3 heterocycles. The van der Waals surface area contributed by atoms with Crippen molar-refractivity contribution in [2.75, 3.05) is 31.3 Å². The molecule has 0 saturated carbocycles. The number of anilines is 1. The molecule has 1 aliphatic rings. The third-order valence-corrected chi connectivity index (χ3v) is 5.14. The van der Waals surface area contributed by atoms with Gasteiger partial charge in [0.05, 0.1) is 36.8 Å². The quantitative estimate of drug-likeness (QED) is 0.552. The van der Waals surface area contributed by atoms with Gasteiger partial charge in [0.1, 0.15) is 0 Å². The first kappa shape index (κ1) is 22.2. The van der Waals surface area contributed by atoms with Gasteiger partial charge >= 0.3 is 5.66 Å². The lowest BCUT2D eigenvalue weighted by molar-refractivity contribution is 0.0727. The zero-order valence-corrected chi connectivity index (χ0v) is 18.7. The topological polar surface area (TPSA) is 89.3 Å². The van der Waals surface area contributed by atoms with E-state index in [4.69, 9.17) is 4.84 Å². The molecule has 0 spiro atoms. The maximum atomic E-state index is 13.7. The molecule has 1 atom stereocenters. The molecule has 1 aromatic carbocycles. The summed E-state index contributed by atoms with van der Waals surface area (Å²) in [7, 11) is 1.44. The average Bonchev–Trinajstić information content (AvgIpc) is 3.16. The maximum absolute atomic E-state index is 13.7. The smallest absolute Gasteiger partial charge is 0.317 e. The van der Waals surface area contributed by atoms with E-state index in [1.165, 1.54) is 19.1 Å². The Balaban J connectivity index is 1.56. The lowest BCUT2D eigenvalue weighted by Gasteiger charge is -2.23. The molecule has 12 heteroatoms. The normalized spacial score (nSPS) is 15.0. The predicted molar refractivity (Wildman–Crippen MR) is 116 cm³/mol. The molecule has 1 amide bonds. The molecular formula is C20H22F2N7O2P. The van der Waals surface area contributed by atoms with Crippen LogP contribution in [0.4, 0.5) is 14.6 Å². The van der Waals surface area contributed by atoms with Crippen LogP contribution in [0.25, 0.3) is 5.69 Å². The standard InChI is InChI=1S/C20H22F2N7O2P/c1-13-3-4-16(29-23-5-6-24-29)15(11-13)18(30)27-7-8-28(31-10-9-27)17-12-14(2)25-19(26-17)20(21,22)32/h3-6,11-12H,7-10,32H2,1-2H3. The fourth-order valence-electron chi connectivity index (χ4n) is 3.37. The van der Waals surface area contributed by atoms with Gasteiger partial charge < -0.3 is 4.90 Å². The summed E-state index contributed by atoms with van der Waals surface area (Å²) in [6, 6.07) is 7.06. The molecule has 0 radical (unpaired) electrons. The Morgan fingerprint density at radius 3 is 2.56 bits per heavy atom. The Bertz CT molecular complexity index is 1120. The molecular weight excluding hydrogens is 439 g/mol. The Hall–Kier alpha value is -3.04. The highest BCUT2D eigenvalue weighted by atomic mass is 31.0. The first-order valence-corrected chi connectivity index (χ1v) is 10.5. The van der Waals surface area contributed by atoms with Gasteiger partial charge in [-0.25, -0.2) is 15.0 Å². The molecule has 168 valence electrons. The number of carbonyl (C=O) groups is 1. The minimum Gasteiger partial charge on any atom is -0.334 e. The molecule has 32 heavy (non-hydrogen) atoms. The van der Waals surface area contributed by atoms with Crippen LogP contribution >= 0.6 is 9.24 Å². The van der Waals surface area contributed by atoms with Gasteiger partial charge in [-0.3, -0.25) is 9.63 Å². The van der Waals surface area contributed by atoms with E-state index >= 15 is 0 Å². The number of hydrogen-bond acceptors (Lipinski definition) is 7. The van der Waals surface area contributed by atoms with E-state index in [2.05, 4.69) is 20.2 Å². The van der Waals surface area contributed by atoms with E-state index < -0.39 is 11.5 Å². The number of rotatable bonds is 4. The molecule has 1 fully saturated rings. The van der Waals surface area contributed by atoms with Gasteiger partial charge in [-0.05, 0) is 26.0 Å². The van der Waals surface area contributed by atoms with Gasteiger partial charge in [0.2, 0.25) is 5.82 Å². The number of aryl methyl sites for hydroxylation is 2. The molecule has 1 aliphatic heterocycles. The van der Waals surface area contributed by atoms with Gasteiger partial charge in [-0.2, -0.15) is 23.8 Å². The van der Waals surface area contributed by atoms with Crippen molar-refractivity contribution in [3.8, 4) is 5.69 Å². The highest BCUT2D eigenvalue weighted by Gasteiger charge is 2.31. The highest BCUT2D eigenvalue weighted by molar-refractivity contribution is 7.17. The fraction of sp³-hybridized carbons (Fsp3) is 0.350. The summed E-state index contributed by atoms with van der Waals surface area (Å²) < 4.78 is 27.4. The van der Waals surface area contributed by atoms with E-state index in [0.29, 0.717) is 30.0 Å². The Labute approximate surface area is 185 Å². The number of alkyl halides is 2. The van der Waals surface area contributed by atoms with E-state index in [0.717, 1.165) is 5.56 Å². The van der Waals surface area contributed by atoms with E-state index in [1.807, 2.05) is 13.0 Å². The van der Waals surface area contributed by atoms with Crippen molar-refractivity contribution >= 4 is 21.0 Å². The van der Waals surface area contributed by atoms with Crippen LogP contribution in [0.3, 0.4) is 0 Å². The molecule has 1 saturated heterocycles. The van der Waals surface area contributed by atoms with Crippen LogP contribution < -0.4 is 5.06 Å². The average molecular weight is 461 g/mol. The largest absolute Gasteiger partial charge is 0.334 e. The summed E-state index contributed by atoms with van der Waals surface area (Å²) in [4.78, 5) is 29.9. The molecule has 0 aliphatic carbocycles. The SMILES string of the molecule is Cc1ccc(-n2nccn2)c(C(=O)N2CCON(c3cc(C)nc(C(F)(F)P)n3)CC2)c1. The van der Waals surface area contributed by atoms with Crippen molar-refractivity contribution in [2.45, 2.75) is 19.5 Å². The van der Waals surface area contributed by atoms with Crippen molar-refractivity contribution in [1.29, 1.82) is 0 Å². The van der Waals surface area contributed by atoms with Crippen LogP contribution in [0.5, 0.6) is 0 Å². The highest BCUT2D eigenvalue weighted by Crippen LogP contribution is 2.33. The second-order valence-corrected chi connectivity index (χ2v) is 8.11. The van der Waals surface area contributed by atoms with E-state index in [9.17, 15) is 13.6 Å². The van der Waals surface area contributed by atoms with Crippen LogP contribution in [0.15, 0.2) is 36.7 Å². The van der Waals surface area contributed by atoms with Crippen LogP contribution in [-0.2, 0) is 10.5 Å². The summed E-state index contributed by atoms with van der Waals surface area (Å²) in [6.45, 7) is 4.59. The van der Waals surface area contributed by atoms with Crippen molar-refractivity contribution in [1.82, 2.24) is 29.9 Å². The van der Waals surface area contributed by atoms with Gasteiger partial charge in [-0.1, -0.05) is 20.9 Å². The summed E-state index contributed by atoms with van der Waals surface area (Å²) in [5.41, 5.74) is -0.885. The predicted octanol–water partition coefficient (Wildman–Crippen LogP) is 2.49. The summed E-state index contributed by atoms with van der Waals surface area (Å²) in [5, 5.41) is 9.70. The number of amides is 1. The van der Waals surface area contributed by atoms with Crippen molar-refractivity contribution in [3.63, 3.8) is 0 Å². The molecule has 4 rings (SSSR count). The molecule has 3 aromatic rings. The first-order chi connectivity index (χ1) is 15.2. The monoisotopic (exact) mass is 461 g/mol. The molecule has 9 nitrogen and oxygen atoms in total. The van der Waals surface area contributed by atoms with Crippen LogP contribution in [-0.4, -0.2) is 62.0 Å². The number of benzene rings is 1. The van der Waals surface area contributed by atoms with Gasteiger partial charge in [-0.15, -0.1) is 0 Å². The van der Waals surface area contributed by atoms with E-state index in [1.54, 1.807) is 42.4 Å². The third-order valence-electron chi connectivity index (χ3n) is 4.88. The summed E-state index contributed by atoms with van der Waals surface area (Å²) in [6.07, 6.45) is 3.09. The van der Waals surface area contributed by atoms with Crippen LogP contribution in [0.2, 0.25) is 0 Å². The number of halogens is 2. The number of nitrogens with zero attached hydrogens (tertiary/aromatic N) is 7. The number of carbonyl (C=O) groups excluding carboxylic acids is 1. The first-order valence-electron chi connectivity index (χ1n) is 9.92. The van der Waals surface area contributed by atoms with Crippen molar-refractivity contribution in [3.05, 3.63) is 59.3 Å². The minimum absolute atomic E-state index is 0.183. The van der Waals surface area contributed by atoms with Gasteiger partial charge in [0.25, 0.3) is 5.91 Å². The second-order valence-electron chi connectivity index (χ2n) is 7.38. The fourth-order valence-corrected chi connectivity index (χ4v) is 3.50. The van der Waals surface area contributed by atoms with Crippen LogP contribution in [0, 0.1) is 13.8 Å². The third kappa shape index (κ3) is 4.73.